The molecule has 1 aliphatic carbocycles. The molecule has 8 heteroatoms. The van der Waals surface area contributed by atoms with Gasteiger partial charge in [0.25, 0.3) is 5.56 Å². The summed E-state index contributed by atoms with van der Waals surface area (Å²) in [6, 6.07) is 0.871. The van der Waals surface area contributed by atoms with Crippen molar-refractivity contribution in [2.45, 2.75) is 53.0 Å². The second-order valence-electron chi connectivity index (χ2n) is 8.00. The number of hydrogen-bond donors (Lipinski definition) is 3. The van der Waals surface area contributed by atoms with Gasteiger partial charge in [0, 0.05) is 17.8 Å². The van der Waals surface area contributed by atoms with Gasteiger partial charge in [-0.2, -0.15) is 0 Å². The number of aryl methyl sites for hydroxylation is 1. The number of urea groups is 1. The van der Waals surface area contributed by atoms with Crippen molar-refractivity contribution in [3.63, 3.8) is 0 Å². The molecule has 1 saturated carbocycles. The smallest absolute Gasteiger partial charge is 0.321 e. The van der Waals surface area contributed by atoms with Gasteiger partial charge < -0.3 is 5.32 Å². The number of hydrogen-bond acceptors (Lipinski definition) is 5. The first-order valence-corrected chi connectivity index (χ1v) is 8.30. The van der Waals surface area contributed by atoms with E-state index in [9.17, 15) is 14.4 Å². The third-order valence-electron chi connectivity index (χ3n) is 4.41. The Morgan fingerprint density at radius 3 is 2.80 bits per heavy atom. The van der Waals surface area contributed by atoms with Crippen LogP contribution in [0.25, 0.3) is 0 Å². The summed E-state index contributed by atoms with van der Waals surface area (Å²) in [7, 11) is 0. The average molecular weight is 347 g/mol. The molecular formula is C17H25N5O3. The summed E-state index contributed by atoms with van der Waals surface area (Å²) in [5.41, 5.74) is 0.0461. The Morgan fingerprint density at radius 1 is 1.44 bits per heavy atom. The molecule has 1 aromatic rings. The summed E-state index contributed by atoms with van der Waals surface area (Å²) < 4.78 is 0. The quantitative estimate of drug-likeness (QED) is 0.571. The first-order valence-electron chi connectivity index (χ1n) is 8.30. The molecule has 0 radical (unpaired) electrons. The van der Waals surface area contributed by atoms with Crippen LogP contribution in [0.15, 0.2) is 15.9 Å². The molecule has 2 amide bonds. The van der Waals surface area contributed by atoms with Gasteiger partial charge in [-0.3, -0.25) is 15.1 Å². The van der Waals surface area contributed by atoms with Crippen LogP contribution in [0, 0.1) is 17.8 Å². The second-order valence-corrected chi connectivity index (χ2v) is 8.00. The predicted molar refractivity (Wildman–Crippen MR) is 94.3 cm³/mol. The normalized spacial score (nSPS) is 24.9. The van der Waals surface area contributed by atoms with Gasteiger partial charge in [-0.25, -0.2) is 19.6 Å². The minimum Gasteiger partial charge on any atom is -0.335 e. The van der Waals surface area contributed by atoms with E-state index in [0.717, 1.165) is 12.8 Å². The van der Waals surface area contributed by atoms with E-state index < -0.39 is 6.03 Å². The lowest BCUT2D eigenvalue weighted by Crippen LogP contribution is -2.49. The maximum absolute atomic E-state index is 12.3. The Kier molecular flexibility index (Phi) is 5.42. The monoisotopic (exact) mass is 347 g/mol. The molecule has 2 rings (SSSR count). The van der Waals surface area contributed by atoms with Crippen molar-refractivity contribution < 1.29 is 9.59 Å². The lowest BCUT2D eigenvalue weighted by molar-refractivity contribution is 0.0815. The van der Waals surface area contributed by atoms with Gasteiger partial charge >= 0.3 is 6.03 Å². The molecule has 136 valence electrons. The van der Waals surface area contributed by atoms with Crippen molar-refractivity contribution in [2.75, 3.05) is 11.9 Å². The summed E-state index contributed by atoms with van der Waals surface area (Å²) in [5.74, 6) is 0.117. The molecule has 2 atom stereocenters. The van der Waals surface area contributed by atoms with Crippen molar-refractivity contribution in [2.24, 2.45) is 15.8 Å². The third kappa shape index (κ3) is 5.53. The van der Waals surface area contributed by atoms with Crippen molar-refractivity contribution in [3.05, 3.63) is 22.1 Å². The Morgan fingerprint density at radius 2 is 2.16 bits per heavy atom. The van der Waals surface area contributed by atoms with Crippen LogP contribution >= 0.6 is 0 Å². The number of carbonyl (C=O) groups is 1. The van der Waals surface area contributed by atoms with Gasteiger partial charge in [-0.1, -0.05) is 20.8 Å². The van der Waals surface area contributed by atoms with E-state index in [1.54, 1.807) is 13.0 Å². The van der Waals surface area contributed by atoms with Crippen LogP contribution in [0.5, 0.6) is 0 Å². The molecule has 1 fully saturated rings. The molecule has 0 bridgehead atoms. The Balaban J connectivity index is 2.05. The first-order chi connectivity index (χ1) is 11.6. The highest BCUT2D eigenvalue weighted by Gasteiger charge is 2.41. The maximum atomic E-state index is 12.3. The van der Waals surface area contributed by atoms with Gasteiger partial charge in [0.05, 0.1) is 6.54 Å². The largest absolute Gasteiger partial charge is 0.335 e. The zero-order chi connectivity index (χ0) is 18.7. The van der Waals surface area contributed by atoms with Crippen molar-refractivity contribution in [3.8, 4) is 0 Å². The number of rotatable bonds is 4. The molecule has 1 heterocycles. The lowest BCUT2D eigenvalue weighted by Gasteiger charge is -2.46. The molecule has 0 aliphatic heterocycles. The van der Waals surface area contributed by atoms with Crippen LogP contribution in [0.3, 0.4) is 0 Å². The molecular weight excluding hydrogens is 322 g/mol. The molecule has 0 spiro atoms. The molecule has 8 nitrogen and oxygen atoms in total. The summed E-state index contributed by atoms with van der Waals surface area (Å²) >= 11 is 0. The van der Waals surface area contributed by atoms with Gasteiger partial charge in [0.2, 0.25) is 12.0 Å². The van der Waals surface area contributed by atoms with Gasteiger partial charge in [-0.05, 0) is 37.0 Å². The van der Waals surface area contributed by atoms with E-state index in [-0.39, 0.29) is 28.4 Å². The lowest BCUT2D eigenvalue weighted by atomic mass is 9.62. The fourth-order valence-corrected chi connectivity index (χ4v) is 4.05. The topological polar surface area (TPSA) is 116 Å². The van der Waals surface area contributed by atoms with Crippen LogP contribution in [0.4, 0.5) is 10.7 Å². The molecule has 25 heavy (non-hydrogen) atoms. The number of aromatic amines is 1. The number of isocyanates is 1. The number of anilines is 1. The number of aliphatic imine (C=N–C) groups is 1. The van der Waals surface area contributed by atoms with Crippen molar-refractivity contribution in [1.82, 2.24) is 15.3 Å². The summed E-state index contributed by atoms with van der Waals surface area (Å²) in [6.45, 7) is 8.43. The first kappa shape index (κ1) is 18.9. The van der Waals surface area contributed by atoms with E-state index in [1.807, 2.05) is 0 Å². The van der Waals surface area contributed by atoms with E-state index in [4.69, 9.17) is 0 Å². The average Bonchev–Trinajstić information content (AvgIpc) is 2.41. The standard InChI is InChI=1S/C17H25N5O3/c1-11-5-13(24)21-14(19-11)22-15(25)20-12-6-16(2,3)8-17(4,7-12)9-18-10-23/h5,12H,6-9H2,1-4H3,(H3,19,20,21,22,24,25). The molecule has 0 saturated heterocycles. The number of nitrogens with zero attached hydrogens (tertiary/aromatic N) is 2. The van der Waals surface area contributed by atoms with Gasteiger partial charge in [0.1, 0.15) is 0 Å². The minimum absolute atomic E-state index is 0.0131. The van der Waals surface area contributed by atoms with Crippen LogP contribution in [0.1, 0.15) is 45.7 Å². The third-order valence-corrected chi connectivity index (χ3v) is 4.41. The number of carbonyl (C=O) groups excluding carboxylic acids is 2. The summed E-state index contributed by atoms with van der Waals surface area (Å²) in [4.78, 5) is 44.5. The fourth-order valence-electron chi connectivity index (χ4n) is 4.05. The summed E-state index contributed by atoms with van der Waals surface area (Å²) in [6.07, 6.45) is 4.05. The Labute approximate surface area is 146 Å². The van der Waals surface area contributed by atoms with Crippen molar-refractivity contribution in [1.29, 1.82) is 0 Å². The second kappa shape index (κ2) is 7.19. The number of nitrogens with one attached hydrogen (secondary N) is 3. The zero-order valence-corrected chi connectivity index (χ0v) is 15.1. The molecule has 2 unspecified atom stereocenters. The molecule has 0 aromatic carbocycles. The van der Waals surface area contributed by atoms with Gasteiger partial charge in [-0.15, -0.1) is 0 Å². The van der Waals surface area contributed by atoms with Crippen LogP contribution in [-0.2, 0) is 4.79 Å². The predicted octanol–water partition coefficient (Wildman–Crippen LogP) is 2.12. The zero-order valence-electron chi connectivity index (χ0n) is 15.1. The van der Waals surface area contributed by atoms with Crippen LogP contribution < -0.4 is 16.2 Å². The van der Waals surface area contributed by atoms with E-state index >= 15 is 0 Å². The summed E-state index contributed by atoms with van der Waals surface area (Å²) in [5, 5.41) is 5.51. The molecule has 1 aromatic heterocycles. The number of amides is 2. The van der Waals surface area contributed by atoms with E-state index in [1.165, 1.54) is 6.07 Å². The highest BCUT2D eigenvalue weighted by atomic mass is 16.2. The van der Waals surface area contributed by atoms with Crippen LogP contribution in [0.2, 0.25) is 0 Å². The van der Waals surface area contributed by atoms with Crippen molar-refractivity contribution >= 4 is 18.1 Å². The molecule has 3 N–H and O–H groups in total. The Bertz CT molecular complexity index is 751. The van der Waals surface area contributed by atoms with Crippen LogP contribution in [-0.4, -0.2) is 34.7 Å². The Hall–Kier alpha value is -2.47. The fraction of sp³-hybridized carbons (Fsp3) is 0.647. The highest BCUT2D eigenvalue weighted by Crippen LogP contribution is 2.46. The molecule has 1 aliphatic rings. The minimum atomic E-state index is -0.419. The number of H-pyrrole nitrogens is 1. The van der Waals surface area contributed by atoms with E-state index in [0.29, 0.717) is 18.7 Å². The maximum Gasteiger partial charge on any atom is 0.321 e. The SMILES string of the molecule is Cc1cc(=O)[nH]c(NC(=O)NC2CC(C)(C)CC(C)(CN=C=O)C2)n1. The number of aromatic nitrogens is 2. The van der Waals surface area contributed by atoms with E-state index in [2.05, 4.69) is 46.4 Å². The highest BCUT2D eigenvalue weighted by molar-refractivity contribution is 5.87. The van der Waals surface area contributed by atoms with Gasteiger partial charge in [0.15, 0.2) is 0 Å².